The van der Waals surface area contributed by atoms with Crippen molar-refractivity contribution >= 4 is 33.8 Å². The van der Waals surface area contributed by atoms with Crippen LogP contribution < -0.4 is 0 Å². The third-order valence-electron chi connectivity index (χ3n) is 1.55. The van der Waals surface area contributed by atoms with Crippen molar-refractivity contribution in [1.29, 1.82) is 0 Å². The Kier molecular flexibility index (Phi) is 2.85. The second-order valence-corrected chi connectivity index (χ2v) is 3.51. The first-order valence-corrected chi connectivity index (χ1v) is 4.34. The van der Waals surface area contributed by atoms with E-state index in [0.29, 0.717) is 21.3 Å². The molecule has 1 nitrogen and oxygen atoms in total. The van der Waals surface area contributed by atoms with Crippen molar-refractivity contribution in [2.75, 3.05) is 0 Å². The standard InChI is InChI=1S/C8H5BrClFO/c1-4-6(10)2-7(11)5(3-12)8(4)9/h2-3H,1H3. The average molecular weight is 251 g/mol. The first-order valence-electron chi connectivity index (χ1n) is 3.17. The Hall–Kier alpha value is -0.410. The molecule has 64 valence electrons. The van der Waals surface area contributed by atoms with Crippen molar-refractivity contribution in [3.63, 3.8) is 0 Å². The van der Waals surface area contributed by atoms with E-state index in [9.17, 15) is 9.18 Å². The molecule has 0 aromatic heterocycles. The van der Waals surface area contributed by atoms with Crippen molar-refractivity contribution in [2.24, 2.45) is 0 Å². The molecule has 1 aromatic carbocycles. The van der Waals surface area contributed by atoms with Crippen LogP contribution in [0, 0.1) is 12.7 Å². The first kappa shape index (κ1) is 9.68. The van der Waals surface area contributed by atoms with Gasteiger partial charge in [0.2, 0.25) is 0 Å². The van der Waals surface area contributed by atoms with Gasteiger partial charge in [0.25, 0.3) is 0 Å². The van der Waals surface area contributed by atoms with E-state index in [2.05, 4.69) is 15.9 Å². The van der Waals surface area contributed by atoms with Crippen LogP contribution in [0.3, 0.4) is 0 Å². The molecule has 0 saturated carbocycles. The Balaban J connectivity index is 3.51. The minimum atomic E-state index is -0.604. The van der Waals surface area contributed by atoms with Crippen LogP contribution in [-0.4, -0.2) is 6.29 Å². The summed E-state index contributed by atoms with van der Waals surface area (Å²) in [5.74, 6) is -0.604. The van der Waals surface area contributed by atoms with Gasteiger partial charge in [0.15, 0.2) is 6.29 Å². The number of hydrogen-bond acceptors (Lipinski definition) is 1. The summed E-state index contributed by atoms with van der Waals surface area (Å²) >= 11 is 8.75. The molecule has 4 heteroatoms. The second-order valence-electron chi connectivity index (χ2n) is 2.31. The fraction of sp³-hybridized carbons (Fsp3) is 0.125. The highest BCUT2D eigenvalue weighted by molar-refractivity contribution is 9.10. The fourth-order valence-corrected chi connectivity index (χ4v) is 1.62. The van der Waals surface area contributed by atoms with Crippen LogP contribution in [0.2, 0.25) is 5.02 Å². The van der Waals surface area contributed by atoms with E-state index in [1.165, 1.54) is 0 Å². The van der Waals surface area contributed by atoms with Crippen molar-refractivity contribution in [2.45, 2.75) is 6.92 Å². The Morgan fingerprint density at radius 2 is 2.25 bits per heavy atom. The summed E-state index contributed by atoms with van der Waals surface area (Å²) in [5.41, 5.74) is 0.678. The highest BCUT2D eigenvalue weighted by Gasteiger charge is 2.11. The van der Waals surface area contributed by atoms with Gasteiger partial charge in [0, 0.05) is 9.50 Å². The number of hydrogen-bond donors (Lipinski definition) is 0. The van der Waals surface area contributed by atoms with Gasteiger partial charge in [-0.15, -0.1) is 0 Å². The quantitative estimate of drug-likeness (QED) is 0.700. The van der Waals surface area contributed by atoms with E-state index < -0.39 is 5.82 Å². The normalized spacial score (nSPS) is 10.0. The smallest absolute Gasteiger partial charge is 0.154 e. The van der Waals surface area contributed by atoms with Crippen LogP contribution in [0.1, 0.15) is 15.9 Å². The van der Waals surface area contributed by atoms with E-state index >= 15 is 0 Å². The molecule has 0 saturated heterocycles. The van der Waals surface area contributed by atoms with Gasteiger partial charge in [-0.2, -0.15) is 0 Å². The third kappa shape index (κ3) is 1.52. The zero-order valence-electron chi connectivity index (χ0n) is 6.20. The Morgan fingerprint density at radius 1 is 1.67 bits per heavy atom. The number of benzene rings is 1. The van der Waals surface area contributed by atoms with Gasteiger partial charge >= 0.3 is 0 Å². The van der Waals surface area contributed by atoms with Crippen LogP contribution in [0.15, 0.2) is 10.5 Å². The maximum absolute atomic E-state index is 12.9. The highest BCUT2D eigenvalue weighted by atomic mass is 79.9. The molecular weight excluding hydrogens is 246 g/mol. The van der Waals surface area contributed by atoms with Crippen LogP contribution in [-0.2, 0) is 0 Å². The van der Waals surface area contributed by atoms with E-state index in [0.717, 1.165) is 6.07 Å². The predicted molar refractivity (Wildman–Crippen MR) is 49.2 cm³/mol. The van der Waals surface area contributed by atoms with Gasteiger partial charge in [-0.25, -0.2) is 4.39 Å². The van der Waals surface area contributed by atoms with Crippen molar-refractivity contribution in [1.82, 2.24) is 0 Å². The number of aldehydes is 1. The van der Waals surface area contributed by atoms with Crippen LogP contribution in [0.5, 0.6) is 0 Å². The summed E-state index contributed by atoms with van der Waals surface area (Å²) in [7, 11) is 0. The van der Waals surface area contributed by atoms with E-state index in [4.69, 9.17) is 11.6 Å². The maximum atomic E-state index is 12.9. The van der Waals surface area contributed by atoms with Gasteiger partial charge in [0.05, 0.1) is 5.56 Å². The van der Waals surface area contributed by atoms with E-state index in [-0.39, 0.29) is 5.56 Å². The molecule has 0 amide bonds. The van der Waals surface area contributed by atoms with Gasteiger partial charge in [-0.1, -0.05) is 11.6 Å². The molecule has 0 fully saturated rings. The fourth-order valence-electron chi connectivity index (χ4n) is 0.817. The van der Waals surface area contributed by atoms with Crippen LogP contribution in [0.4, 0.5) is 4.39 Å². The molecule has 0 heterocycles. The number of rotatable bonds is 1. The number of carbonyl (C=O) groups is 1. The second kappa shape index (κ2) is 3.54. The predicted octanol–water partition coefficient (Wildman–Crippen LogP) is 3.36. The molecule has 1 rings (SSSR count). The maximum Gasteiger partial charge on any atom is 0.154 e. The van der Waals surface area contributed by atoms with Gasteiger partial charge in [-0.05, 0) is 34.5 Å². The molecule has 0 N–H and O–H groups in total. The lowest BCUT2D eigenvalue weighted by Crippen LogP contribution is -1.92. The topological polar surface area (TPSA) is 17.1 Å². The zero-order valence-corrected chi connectivity index (χ0v) is 8.54. The summed E-state index contributed by atoms with van der Waals surface area (Å²) in [6.45, 7) is 1.71. The monoisotopic (exact) mass is 250 g/mol. The lowest BCUT2D eigenvalue weighted by molar-refractivity contribution is 0.111. The minimum Gasteiger partial charge on any atom is -0.298 e. The molecule has 0 spiro atoms. The lowest BCUT2D eigenvalue weighted by Gasteiger charge is -2.04. The molecule has 0 aliphatic carbocycles. The molecule has 0 unspecified atom stereocenters. The molecule has 12 heavy (non-hydrogen) atoms. The third-order valence-corrected chi connectivity index (χ3v) is 2.97. The summed E-state index contributed by atoms with van der Waals surface area (Å²) in [6.07, 6.45) is 0.461. The van der Waals surface area contributed by atoms with Crippen molar-refractivity contribution in [3.8, 4) is 0 Å². The molecule has 0 aliphatic heterocycles. The lowest BCUT2D eigenvalue weighted by atomic mass is 10.1. The number of halogens is 3. The molecule has 0 radical (unpaired) electrons. The zero-order chi connectivity index (χ0) is 9.30. The highest BCUT2D eigenvalue weighted by Crippen LogP contribution is 2.28. The molecule has 0 bridgehead atoms. The van der Waals surface area contributed by atoms with Gasteiger partial charge in [-0.3, -0.25) is 4.79 Å². The van der Waals surface area contributed by atoms with Crippen molar-refractivity contribution in [3.05, 3.63) is 32.5 Å². The largest absolute Gasteiger partial charge is 0.298 e. The molecular formula is C8H5BrClFO. The SMILES string of the molecule is Cc1c(Cl)cc(F)c(C=O)c1Br. The van der Waals surface area contributed by atoms with Crippen LogP contribution in [0.25, 0.3) is 0 Å². The molecule has 1 aromatic rings. The van der Waals surface area contributed by atoms with E-state index in [1.807, 2.05) is 0 Å². The van der Waals surface area contributed by atoms with Crippen molar-refractivity contribution < 1.29 is 9.18 Å². The Labute approximate surface area is 82.7 Å². The minimum absolute atomic E-state index is 0.0110. The van der Waals surface area contributed by atoms with Gasteiger partial charge < -0.3 is 0 Å². The summed E-state index contributed by atoms with van der Waals surface area (Å²) in [4.78, 5) is 10.4. The summed E-state index contributed by atoms with van der Waals surface area (Å²) < 4.78 is 13.4. The average Bonchev–Trinajstić information content (AvgIpc) is 2.01. The summed E-state index contributed by atoms with van der Waals surface area (Å²) in [6, 6.07) is 1.13. The Bertz CT molecular complexity index is 338. The van der Waals surface area contributed by atoms with Gasteiger partial charge in [0.1, 0.15) is 5.82 Å². The number of carbonyl (C=O) groups excluding carboxylic acids is 1. The first-order chi connectivity index (χ1) is 5.57. The van der Waals surface area contributed by atoms with E-state index in [1.54, 1.807) is 6.92 Å². The Morgan fingerprint density at radius 3 is 2.75 bits per heavy atom. The molecule has 0 aliphatic rings. The molecule has 0 atom stereocenters. The summed E-state index contributed by atoms with van der Waals surface area (Å²) in [5, 5.41) is 0.310. The van der Waals surface area contributed by atoms with Crippen LogP contribution >= 0.6 is 27.5 Å².